The van der Waals surface area contributed by atoms with E-state index in [2.05, 4.69) is 115 Å². The fourth-order valence-electron chi connectivity index (χ4n) is 3.00. The van der Waals surface area contributed by atoms with Gasteiger partial charge in [0.2, 0.25) is 5.24 Å². The number of aliphatic hydroxyl groups is 1. The summed E-state index contributed by atoms with van der Waals surface area (Å²) in [5.41, 5.74) is 2.63. The van der Waals surface area contributed by atoms with Crippen molar-refractivity contribution in [3.63, 3.8) is 0 Å². The van der Waals surface area contributed by atoms with Crippen LogP contribution in [0.4, 0.5) is 11.4 Å². The van der Waals surface area contributed by atoms with Crippen LogP contribution < -0.4 is 9.80 Å². The number of halogens is 4. The zero-order chi connectivity index (χ0) is 41.8. The van der Waals surface area contributed by atoms with Gasteiger partial charge in [-0.1, -0.05) is 59.8 Å². The van der Waals surface area contributed by atoms with E-state index in [4.69, 9.17) is 61.5 Å². The summed E-state index contributed by atoms with van der Waals surface area (Å²) in [7, 11) is 9.90. The Morgan fingerprint density at radius 1 is 0.660 bits per heavy atom. The Morgan fingerprint density at radius 3 is 1.13 bits per heavy atom. The number of benzene rings is 2. The molecule has 53 heavy (non-hydrogen) atoms. The average Bonchev–Trinajstić information content (AvgIpc) is 3.17. The van der Waals surface area contributed by atoms with Gasteiger partial charge >= 0.3 is 34.5 Å². The molecule has 9 nitrogen and oxygen atoms in total. The molecule has 0 fully saturated rings. The molecule has 0 aliphatic heterocycles. The van der Waals surface area contributed by atoms with Crippen LogP contribution in [-0.2, 0) is 43.6 Å². The first kappa shape index (κ1) is 63.3. The van der Waals surface area contributed by atoms with Gasteiger partial charge in [0.25, 0.3) is 0 Å². The van der Waals surface area contributed by atoms with Crippen molar-refractivity contribution in [2.45, 2.75) is 62.3 Å². The second kappa shape index (κ2) is 62.4. The number of ether oxygens (including phenoxy) is 5. The number of aliphatic hydroxyl groups excluding tert-OH is 1. The third kappa shape index (κ3) is 65.6. The Hall–Kier alpha value is -1.63. The van der Waals surface area contributed by atoms with Gasteiger partial charge < -0.3 is 38.6 Å². The van der Waals surface area contributed by atoms with Crippen molar-refractivity contribution in [3.8, 4) is 24.7 Å². The van der Waals surface area contributed by atoms with Crippen molar-refractivity contribution >= 4 is 59.2 Å². The molecule has 2 aromatic carbocycles. The first-order valence-corrected chi connectivity index (χ1v) is 26.1. The summed E-state index contributed by atoms with van der Waals surface area (Å²) in [6, 6.07) is 21.3. The number of terminal acetylenes is 2. The quantitative estimate of drug-likeness (QED) is 0.0442. The molecule has 0 bridgehead atoms. The van der Waals surface area contributed by atoms with Gasteiger partial charge in [0.05, 0.1) is 0 Å². The van der Waals surface area contributed by atoms with E-state index in [0.29, 0.717) is 39.5 Å². The first-order chi connectivity index (χ1) is 25.6. The fraction of sp³-hybridized carbons (Fsp3) is 0.564. The third-order valence-electron chi connectivity index (χ3n) is 5.27. The maximum absolute atomic E-state index is 9.21. The molecule has 0 unspecified atom stereocenters. The van der Waals surface area contributed by atoms with Crippen LogP contribution in [0.15, 0.2) is 60.7 Å². The Labute approximate surface area is 348 Å². The summed E-state index contributed by atoms with van der Waals surface area (Å²) in [5.74, 6) is 4.31. The van der Waals surface area contributed by atoms with E-state index in [-0.39, 0.29) is 11.8 Å². The second-order valence-corrected chi connectivity index (χ2v) is 14.2. The van der Waals surface area contributed by atoms with Gasteiger partial charge in [0, 0.05) is 70.9 Å². The van der Waals surface area contributed by atoms with Crippen LogP contribution in [0.2, 0.25) is 0 Å². The number of carbonyl (C=O) groups is 1. The minimum atomic E-state index is -0.931. The van der Waals surface area contributed by atoms with Gasteiger partial charge in [0.1, 0.15) is 32.9 Å². The van der Waals surface area contributed by atoms with Gasteiger partial charge in [-0.3, -0.25) is 4.79 Å². The summed E-state index contributed by atoms with van der Waals surface area (Å²) in [6.07, 6.45) is 9.41. The summed E-state index contributed by atoms with van der Waals surface area (Å²) in [5, 5.41) is 7.28. The molecule has 304 valence electrons. The van der Waals surface area contributed by atoms with Crippen molar-refractivity contribution in [2.75, 3.05) is 95.3 Å². The van der Waals surface area contributed by atoms with Gasteiger partial charge in [-0.2, -0.15) is 0 Å². The molecule has 0 aliphatic rings. The normalized spacial score (nSPS) is 8.38. The van der Waals surface area contributed by atoms with Gasteiger partial charge in [-0.05, 0) is 91.3 Å². The van der Waals surface area contributed by atoms with Crippen LogP contribution >= 0.6 is 42.6 Å². The molecule has 0 aliphatic carbocycles. The molecule has 0 spiro atoms. The number of anilines is 2. The monoisotopic (exact) mass is 878 g/mol. The van der Waals surface area contributed by atoms with E-state index in [1.165, 1.54) is 18.3 Å². The Kier molecular flexibility index (Phi) is 74.5. The number of hydrogen-bond donors (Lipinski definition) is 1. The summed E-state index contributed by atoms with van der Waals surface area (Å²) >= 11 is 8.78. The first-order valence-electron chi connectivity index (χ1n) is 17.4. The standard InChI is InChI=1S/2C10H15N.C6H10O2.C5H12O2.C3H7ClO.C3H4O.C2H3ClO.2ClH.Zn/c2*1-3-11(4-2)10-8-6-5-7-9-10;1-3-5-8-6-7-4-2;1-3-6-5-7-4-2;1-2-5-3-4;1-2-3-4;1-2(3)4;;;/h2*5-9H,3-4H2,1-2H3;1H,4-6H2,2H3;3-5H2,1-2H3;2-3H2,1H3;1,4H,3H2;1H3;2*1H;/q;;;;;;;;;+2/p-2. The van der Waals surface area contributed by atoms with E-state index >= 15 is 0 Å². The second-order valence-electron chi connectivity index (χ2n) is 8.82. The van der Waals surface area contributed by atoms with E-state index in [1.807, 2.05) is 45.7 Å². The number of hydrogen-bond acceptors (Lipinski definition) is 9. The van der Waals surface area contributed by atoms with Crippen molar-refractivity contribution in [1.82, 2.24) is 0 Å². The van der Waals surface area contributed by atoms with Crippen molar-refractivity contribution in [1.29, 1.82) is 0 Å². The molecular weight excluding hydrogens is 816 g/mol. The molecule has 0 saturated heterocycles. The van der Waals surface area contributed by atoms with Crippen molar-refractivity contribution < 1.29 is 48.7 Å². The van der Waals surface area contributed by atoms with Crippen LogP contribution in [0.5, 0.6) is 0 Å². The molecule has 0 radical (unpaired) electrons. The Morgan fingerprint density at radius 2 is 0.943 bits per heavy atom. The zero-order valence-corrected chi connectivity index (χ0v) is 39.6. The fourth-order valence-corrected chi connectivity index (χ4v) is 3.16. The predicted octanol–water partition coefficient (Wildman–Crippen LogP) is 9.69. The number of para-hydroxylation sites is 2. The molecule has 0 amide bonds. The minimum absolute atomic E-state index is 0.153. The zero-order valence-electron chi connectivity index (χ0n) is 33.6. The summed E-state index contributed by atoms with van der Waals surface area (Å²) < 4.78 is 23.9. The number of nitrogens with zero attached hydrogens (tertiary/aromatic N) is 2. The molecule has 1 N–H and O–H groups in total. The van der Waals surface area contributed by atoms with Gasteiger partial charge in [-0.25, -0.2) is 0 Å². The van der Waals surface area contributed by atoms with Crippen LogP contribution in [0.1, 0.15) is 62.3 Å². The molecule has 2 rings (SSSR count). The van der Waals surface area contributed by atoms with Crippen LogP contribution in [0, 0.1) is 24.7 Å². The number of alkyl halides is 1. The van der Waals surface area contributed by atoms with Crippen molar-refractivity contribution in [2.24, 2.45) is 0 Å². The Bertz CT molecular complexity index is 941. The van der Waals surface area contributed by atoms with E-state index in [9.17, 15) is 4.79 Å². The van der Waals surface area contributed by atoms with E-state index in [0.717, 1.165) is 39.4 Å². The molecule has 14 heteroatoms. The maximum atomic E-state index is 9.21. The van der Waals surface area contributed by atoms with Crippen molar-refractivity contribution in [3.05, 3.63) is 60.7 Å². The molecule has 0 aromatic heterocycles. The van der Waals surface area contributed by atoms with E-state index in [1.54, 1.807) is 0 Å². The SMILES string of the molecule is C#CCO.C#CCOCOCC.CC(=O)Cl.CCN(CC)c1ccccc1.CCN(CC)c1ccccc1.CCOCCl.CCOCOCC.[Cl][Zn][Cl]. The Balaban J connectivity index is -0.000000124. The summed E-state index contributed by atoms with van der Waals surface area (Å²) in [4.78, 5) is 13.9. The number of carbonyl (C=O) groups excluding carboxylic acids is 1. The van der Waals surface area contributed by atoms with Crippen LogP contribution in [-0.4, -0.2) is 95.8 Å². The van der Waals surface area contributed by atoms with E-state index < -0.39 is 15.1 Å². The average molecular weight is 882 g/mol. The molecule has 2 aromatic rings. The van der Waals surface area contributed by atoms with Crippen LogP contribution in [0.3, 0.4) is 0 Å². The number of rotatable bonds is 16. The van der Waals surface area contributed by atoms with Gasteiger partial charge in [-0.15, -0.1) is 12.8 Å². The van der Waals surface area contributed by atoms with Gasteiger partial charge in [0.15, 0.2) is 0 Å². The molecule has 0 heterocycles. The third-order valence-corrected chi connectivity index (χ3v) is 5.43. The molecule has 0 atom stereocenters. The molecular formula is C39H66Cl4N2O7Zn. The summed E-state index contributed by atoms with van der Waals surface area (Å²) in [6.45, 7) is 25.8. The topological polar surface area (TPSA) is 89.9 Å². The molecule has 0 saturated carbocycles. The predicted molar refractivity (Wildman–Crippen MR) is 226 cm³/mol. The van der Waals surface area contributed by atoms with Crippen LogP contribution in [0.25, 0.3) is 0 Å².